The van der Waals surface area contributed by atoms with Gasteiger partial charge >= 0.3 is 5.97 Å². The molecule has 2 aromatic carbocycles. The normalized spacial score (nSPS) is 16.4. The Bertz CT molecular complexity index is 893. The molecule has 0 aliphatic carbocycles. The summed E-state index contributed by atoms with van der Waals surface area (Å²) in [5.41, 5.74) is 0.433. The Balaban J connectivity index is 1.73. The molecule has 1 aliphatic rings. The molecule has 0 saturated heterocycles. The summed E-state index contributed by atoms with van der Waals surface area (Å²) in [5, 5.41) is 0.0594. The number of halogens is 3. The highest BCUT2D eigenvalue weighted by atomic mass is 35.5. The molecule has 0 spiro atoms. The van der Waals surface area contributed by atoms with Crippen LogP contribution in [0, 0.1) is 11.6 Å². The number of fused-ring (bicyclic) bond motifs is 1. The molecule has 0 radical (unpaired) electrons. The van der Waals surface area contributed by atoms with Crippen LogP contribution in [-0.2, 0) is 9.53 Å². The number of thioether (sulfide) groups is 1. The van der Waals surface area contributed by atoms with Crippen molar-refractivity contribution in [3.8, 4) is 0 Å². The summed E-state index contributed by atoms with van der Waals surface area (Å²) in [6.45, 7) is 2.05. The van der Waals surface area contributed by atoms with Crippen LogP contribution in [-0.4, -0.2) is 30.3 Å². The van der Waals surface area contributed by atoms with E-state index in [0.717, 1.165) is 17.0 Å². The zero-order valence-electron chi connectivity index (χ0n) is 14.4. The molecule has 1 amide bonds. The lowest BCUT2D eigenvalue weighted by Gasteiger charge is -2.22. The third-order valence-electron chi connectivity index (χ3n) is 4.10. The SMILES string of the molecule is C[C@H]1CCN(C(=O)COC(=O)c2cc(F)c(F)cc2Cl)c2ccccc2S1. The number of rotatable bonds is 3. The molecule has 0 saturated carbocycles. The van der Waals surface area contributed by atoms with Gasteiger partial charge in [-0.15, -0.1) is 11.8 Å². The molecule has 3 rings (SSSR count). The molecule has 4 nitrogen and oxygen atoms in total. The maximum Gasteiger partial charge on any atom is 0.340 e. The summed E-state index contributed by atoms with van der Waals surface area (Å²) < 4.78 is 31.4. The van der Waals surface area contributed by atoms with Gasteiger partial charge in [0.25, 0.3) is 5.91 Å². The van der Waals surface area contributed by atoms with Gasteiger partial charge in [0.2, 0.25) is 0 Å². The Kier molecular flexibility index (Phi) is 6.01. The van der Waals surface area contributed by atoms with Gasteiger partial charge in [-0.05, 0) is 30.7 Å². The first-order chi connectivity index (χ1) is 12.9. The van der Waals surface area contributed by atoms with Crippen LogP contribution < -0.4 is 4.90 Å². The van der Waals surface area contributed by atoms with E-state index in [1.807, 2.05) is 24.3 Å². The van der Waals surface area contributed by atoms with Gasteiger partial charge in [-0.3, -0.25) is 4.79 Å². The van der Waals surface area contributed by atoms with Gasteiger partial charge < -0.3 is 9.64 Å². The van der Waals surface area contributed by atoms with Crippen LogP contribution in [0.25, 0.3) is 0 Å². The van der Waals surface area contributed by atoms with Gasteiger partial charge in [-0.25, -0.2) is 13.6 Å². The van der Waals surface area contributed by atoms with Crippen LogP contribution in [0.5, 0.6) is 0 Å². The first-order valence-electron chi connectivity index (χ1n) is 8.24. The molecule has 1 aliphatic heterocycles. The molecule has 8 heteroatoms. The van der Waals surface area contributed by atoms with Crippen LogP contribution in [0.4, 0.5) is 14.5 Å². The van der Waals surface area contributed by atoms with E-state index in [-0.39, 0.29) is 10.6 Å². The number of para-hydroxylation sites is 1. The predicted octanol–water partition coefficient (Wildman–Crippen LogP) is 4.69. The van der Waals surface area contributed by atoms with Crippen molar-refractivity contribution in [1.29, 1.82) is 0 Å². The average molecular weight is 412 g/mol. The molecule has 2 aromatic rings. The third kappa shape index (κ3) is 4.42. The quantitative estimate of drug-likeness (QED) is 0.543. The Hall–Kier alpha value is -2.12. The van der Waals surface area contributed by atoms with E-state index in [0.29, 0.717) is 23.9 Å². The largest absolute Gasteiger partial charge is 0.452 e. The number of hydrogen-bond donors (Lipinski definition) is 0. The lowest BCUT2D eigenvalue weighted by Crippen LogP contribution is -2.35. The van der Waals surface area contributed by atoms with Gasteiger partial charge in [-0.1, -0.05) is 30.7 Å². The summed E-state index contributed by atoms with van der Waals surface area (Å²) in [6.07, 6.45) is 0.786. The maximum absolute atomic E-state index is 13.3. The topological polar surface area (TPSA) is 46.6 Å². The van der Waals surface area contributed by atoms with Crippen LogP contribution in [0.15, 0.2) is 41.3 Å². The highest BCUT2D eigenvalue weighted by Crippen LogP contribution is 2.37. The number of esters is 1. The minimum atomic E-state index is -1.22. The highest BCUT2D eigenvalue weighted by molar-refractivity contribution is 8.00. The number of hydrogen-bond acceptors (Lipinski definition) is 4. The Morgan fingerprint density at radius 2 is 1.96 bits per heavy atom. The molecule has 0 unspecified atom stereocenters. The second kappa shape index (κ2) is 8.27. The molecule has 0 N–H and O–H groups in total. The fraction of sp³-hybridized carbons (Fsp3) is 0.263. The fourth-order valence-electron chi connectivity index (χ4n) is 2.71. The van der Waals surface area contributed by atoms with Crippen molar-refractivity contribution < 1.29 is 23.1 Å². The van der Waals surface area contributed by atoms with E-state index < -0.39 is 30.1 Å². The summed E-state index contributed by atoms with van der Waals surface area (Å²) in [7, 11) is 0. The number of amides is 1. The van der Waals surface area contributed by atoms with Crippen LogP contribution in [0.2, 0.25) is 5.02 Å². The third-order valence-corrected chi connectivity index (χ3v) is 5.65. The zero-order valence-corrected chi connectivity index (χ0v) is 15.9. The average Bonchev–Trinajstić information content (AvgIpc) is 2.80. The van der Waals surface area contributed by atoms with E-state index in [9.17, 15) is 18.4 Å². The van der Waals surface area contributed by atoms with Crippen LogP contribution >= 0.6 is 23.4 Å². The van der Waals surface area contributed by atoms with Gasteiger partial charge in [0.1, 0.15) is 0 Å². The monoisotopic (exact) mass is 411 g/mol. The first kappa shape index (κ1) is 19.6. The molecule has 0 aromatic heterocycles. The van der Waals surface area contributed by atoms with Gasteiger partial charge in [-0.2, -0.15) is 0 Å². The number of benzene rings is 2. The number of carbonyl (C=O) groups is 2. The lowest BCUT2D eigenvalue weighted by molar-refractivity contribution is -0.121. The molecule has 0 bridgehead atoms. The van der Waals surface area contributed by atoms with Crippen molar-refractivity contribution in [3.63, 3.8) is 0 Å². The second-order valence-corrected chi connectivity index (χ2v) is 7.94. The van der Waals surface area contributed by atoms with E-state index in [1.165, 1.54) is 0 Å². The molecule has 1 heterocycles. The molecule has 142 valence electrons. The van der Waals surface area contributed by atoms with E-state index in [1.54, 1.807) is 16.7 Å². The van der Waals surface area contributed by atoms with Crippen molar-refractivity contribution >= 4 is 40.9 Å². The summed E-state index contributed by atoms with van der Waals surface area (Å²) in [5.74, 6) is -3.77. The maximum atomic E-state index is 13.3. The summed E-state index contributed by atoms with van der Waals surface area (Å²) >= 11 is 7.44. The molecular formula is C19H16ClF2NO3S. The summed E-state index contributed by atoms with van der Waals surface area (Å²) in [6, 6.07) is 8.87. The molecule has 27 heavy (non-hydrogen) atoms. The van der Waals surface area contributed by atoms with Gasteiger partial charge in [0.15, 0.2) is 18.2 Å². The zero-order chi connectivity index (χ0) is 19.6. The fourth-order valence-corrected chi connectivity index (χ4v) is 4.05. The second-order valence-electron chi connectivity index (χ2n) is 6.05. The number of nitrogens with zero attached hydrogens (tertiary/aromatic N) is 1. The predicted molar refractivity (Wildman–Crippen MR) is 100 cm³/mol. The van der Waals surface area contributed by atoms with E-state index in [4.69, 9.17) is 16.3 Å². The molecule has 0 fully saturated rings. The van der Waals surface area contributed by atoms with E-state index >= 15 is 0 Å². The molecular weight excluding hydrogens is 396 g/mol. The van der Waals surface area contributed by atoms with Crippen molar-refractivity contribution in [2.75, 3.05) is 18.1 Å². The highest BCUT2D eigenvalue weighted by Gasteiger charge is 2.25. The van der Waals surface area contributed by atoms with E-state index in [2.05, 4.69) is 6.92 Å². The Labute approximate surface area is 164 Å². The smallest absolute Gasteiger partial charge is 0.340 e. The van der Waals surface area contributed by atoms with Crippen molar-refractivity contribution in [3.05, 3.63) is 58.6 Å². The van der Waals surface area contributed by atoms with Crippen LogP contribution in [0.1, 0.15) is 23.7 Å². The lowest BCUT2D eigenvalue weighted by atomic mass is 10.2. The standard InChI is InChI=1S/C19H16ClF2NO3S/c1-11-6-7-23(16-4-2-3-5-17(16)27-11)18(24)10-26-19(25)12-8-14(21)15(22)9-13(12)20/h2-5,8-9,11H,6-7,10H2,1H3/t11-/m0/s1. The van der Waals surface area contributed by atoms with Gasteiger partial charge in [0, 0.05) is 16.7 Å². The summed E-state index contributed by atoms with van der Waals surface area (Å²) in [4.78, 5) is 27.3. The Morgan fingerprint density at radius 3 is 2.74 bits per heavy atom. The molecule has 1 atom stereocenters. The number of ether oxygens (including phenoxy) is 1. The Morgan fingerprint density at radius 1 is 1.26 bits per heavy atom. The minimum Gasteiger partial charge on any atom is -0.452 e. The van der Waals surface area contributed by atoms with Crippen molar-refractivity contribution in [2.45, 2.75) is 23.5 Å². The van der Waals surface area contributed by atoms with Crippen LogP contribution in [0.3, 0.4) is 0 Å². The first-order valence-corrected chi connectivity index (χ1v) is 9.50. The number of anilines is 1. The van der Waals surface area contributed by atoms with Gasteiger partial charge in [0.05, 0.1) is 16.3 Å². The number of carbonyl (C=O) groups excluding carboxylic acids is 2. The minimum absolute atomic E-state index is 0.281. The van der Waals surface area contributed by atoms with Crippen molar-refractivity contribution in [2.24, 2.45) is 0 Å². The van der Waals surface area contributed by atoms with Crippen molar-refractivity contribution in [1.82, 2.24) is 0 Å².